The summed E-state index contributed by atoms with van der Waals surface area (Å²) in [5.41, 5.74) is 0.595. The molecule has 2 unspecified atom stereocenters. The van der Waals surface area contributed by atoms with Crippen molar-refractivity contribution in [2.75, 3.05) is 20.6 Å². The molecule has 1 fully saturated rings. The summed E-state index contributed by atoms with van der Waals surface area (Å²) in [6.07, 6.45) is 5.87. The van der Waals surface area contributed by atoms with Crippen LogP contribution in [-0.4, -0.2) is 42.6 Å². The molecule has 2 atom stereocenters. The van der Waals surface area contributed by atoms with Gasteiger partial charge in [0.2, 0.25) is 5.91 Å². The van der Waals surface area contributed by atoms with Crippen LogP contribution < -0.4 is 5.32 Å². The molecule has 3 rings (SSSR count). The number of nitrogens with one attached hydrogen (secondary N) is 1. The Morgan fingerprint density at radius 3 is 2.21 bits per heavy atom. The molecule has 0 saturated heterocycles. The van der Waals surface area contributed by atoms with Crippen molar-refractivity contribution in [1.82, 2.24) is 10.2 Å². The molecule has 156 valence electrons. The van der Waals surface area contributed by atoms with Gasteiger partial charge in [-0.2, -0.15) is 0 Å². The third-order valence-corrected chi connectivity index (χ3v) is 6.22. The van der Waals surface area contributed by atoms with Crippen molar-refractivity contribution in [3.05, 3.63) is 71.8 Å². The molecule has 1 saturated carbocycles. The smallest absolute Gasteiger partial charge is 0.235 e. The van der Waals surface area contributed by atoms with Gasteiger partial charge in [-0.25, -0.2) is 0 Å². The van der Waals surface area contributed by atoms with Crippen LogP contribution in [0.25, 0.3) is 0 Å². The van der Waals surface area contributed by atoms with E-state index in [1.165, 1.54) is 32.1 Å². The van der Waals surface area contributed by atoms with E-state index in [1.807, 2.05) is 60.7 Å². The van der Waals surface area contributed by atoms with E-state index < -0.39 is 11.5 Å². The quantitative estimate of drug-likeness (QED) is 0.710. The number of hydrogen-bond acceptors (Lipinski definition) is 3. The van der Waals surface area contributed by atoms with Gasteiger partial charge in [-0.15, -0.1) is 0 Å². The third kappa shape index (κ3) is 4.88. The van der Waals surface area contributed by atoms with Gasteiger partial charge in [-0.1, -0.05) is 79.9 Å². The summed E-state index contributed by atoms with van der Waals surface area (Å²) < 4.78 is 0. The highest BCUT2D eigenvalue weighted by Crippen LogP contribution is 2.42. The van der Waals surface area contributed by atoms with E-state index in [0.717, 1.165) is 11.1 Å². The molecular weight excluding hydrogens is 360 g/mol. The van der Waals surface area contributed by atoms with E-state index >= 15 is 0 Å². The Hall–Kier alpha value is -2.17. The fourth-order valence-electron chi connectivity index (χ4n) is 4.62. The molecule has 2 N–H and O–H groups in total. The largest absolute Gasteiger partial charge is 0.387 e. The molecular formula is C25H34N2O2. The normalized spacial score (nSPS) is 18.0. The highest BCUT2D eigenvalue weighted by Gasteiger charge is 2.47. The number of aliphatic hydroxyl groups is 1. The van der Waals surface area contributed by atoms with E-state index in [0.29, 0.717) is 19.0 Å². The van der Waals surface area contributed by atoms with Crippen molar-refractivity contribution >= 4 is 5.91 Å². The van der Waals surface area contributed by atoms with Crippen LogP contribution in [0.3, 0.4) is 0 Å². The Bertz CT molecular complexity index is 757. The third-order valence-electron chi connectivity index (χ3n) is 6.22. The Morgan fingerprint density at radius 1 is 1.03 bits per heavy atom. The standard InChI is InChI=1S/C25H34N2O2/c1-27(2)24(29)25(21-14-8-4-9-15-21,23(28)20-12-6-3-7-13-20)18-19-26-22-16-10-5-11-17-22/h3-4,6-9,12-15,22-23,26,28H,5,10-11,16-19H2,1-2H3. The molecule has 4 nitrogen and oxygen atoms in total. The minimum Gasteiger partial charge on any atom is -0.387 e. The number of carbonyl (C=O) groups is 1. The highest BCUT2D eigenvalue weighted by molar-refractivity contribution is 5.89. The molecule has 0 heterocycles. The van der Waals surface area contributed by atoms with Crippen LogP contribution in [0.2, 0.25) is 0 Å². The van der Waals surface area contributed by atoms with Crippen molar-refractivity contribution in [3.8, 4) is 0 Å². The van der Waals surface area contributed by atoms with Crippen molar-refractivity contribution in [2.45, 2.75) is 56.1 Å². The average molecular weight is 395 g/mol. The lowest BCUT2D eigenvalue weighted by Crippen LogP contribution is -2.50. The van der Waals surface area contributed by atoms with Gasteiger partial charge in [0.15, 0.2) is 0 Å². The maximum atomic E-state index is 13.6. The average Bonchev–Trinajstić information content (AvgIpc) is 2.78. The molecule has 0 spiro atoms. The lowest BCUT2D eigenvalue weighted by molar-refractivity contribution is -0.140. The number of likely N-dealkylation sites (N-methyl/N-ethyl adjacent to an activating group) is 1. The summed E-state index contributed by atoms with van der Waals surface area (Å²) in [5, 5.41) is 15.2. The van der Waals surface area contributed by atoms with Crippen LogP contribution in [0.4, 0.5) is 0 Å². The first-order valence-electron chi connectivity index (χ1n) is 10.8. The van der Waals surface area contributed by atoms with Crippen molar-refractivity contribution < 1.29 is 9.90 Å². The van der Waals surface area contributed by atoms with Crippen LogP contribution in [0, 0.1) is 0 Å². The summed E-state index contributed by atoms with van der Waals surface area (Å²) in [5.74, 6) is -0.0644. The van der Waals surface area contributed by atoms with E-state index in [2.05, 4.69) is 5.32 Å². The number of nitrogens with zero attached hydrogens (tertiary/aromatic N) is 1. The molecule has 0 radical (unpaired) electrons. The maximum absolute atomic E-state index is 13.6. The van der Waals surface area contributed by atoms with E-state index in [1.54, 1.807) is 19.0 Å². The number of carbonyl (C=O) groups excluding carboxylic acids is 1. The fraction of sp³-hybridized carbons (Fsp3) is 0.480. The number of amides is 1. The van der Waals surface area contributed by atoms with Crippen LogP contribution in [0.15, 0.2) is 60.7 Å². The van der Waals surface area contributed by atoms with Gasteiger partial charge >= 0.3 is 0 Å². The molecule has 1 amide bonds. The van der Waals surface area contributed by atoms with Crippen molar-refractivity contribution in [1.29, 1.82) is 0 Å². The van der Waals surface area contributed by atoms with E-state index in [-0.39, 0.29) is 5.91 Å². The summed E-state index contributed by atoms with van der Waals surface area (Å²) in [6.45, 7) is 0.697. The van der Waals surface area contributed by atoms with Crippen LogP contribution in [-0.2, 0) is 10.2 Å². The van der Waals surface area contributed by atoms with Gasteiger partial charge in [0, 0.05) is 20.1 Å². The topological polar surface area (TPSA) is 52.6 Å². The zero-order chi connectivity index (χ0) is 20.7. The Kier molecular flexibility index (Phi) is 7.45. The second kappa shape index (κ2) is 10.0. The van der Waals surface area contributed by atoms with Crippen LogP contribution >= 0.6 is 0 Å². The molecule has 1 aliphatic rings. The van der Waals surface area contributed by atoms with Crippen molar-refractivity contribution in [3.63, 3.8) is 0 Å². The monoisotopic (exact) mass is 394 g/mol. The maximum Gasteiger partial charge on any atom is 0.235 e. The van der Waals surface area contributed by atoms with E-state index in [9.17, 15) is 9.90 Å². The highest BCUT2D eigenvalue weighted by atomic mass is 16.3. The molecule has 1 aliphatic carbocycles. The minimum absolute atomic E-state index is 0.0644. The van der Waals surface area contributed by atoms with Gasteiger partial charge in [0.25, 0.3) is 0 Å². The molecule has 2 aromatic rings. The molecule has 0 aromatic heterocycles. The Labute approximate surface area is 174 Å². The van der Waals surface area contributed by atoms with Gasteiger partial charge in [0.1, 0.15) is 5.41 Å². The van der Waals surface area contributed by atoms with Gasteiger partial charge in [-0.3, -0.25) is 4.79 Å². The summed E-state index contributed by atoms with van der Waals surface area (Å²) in [4.78, 5) is 15.2. The molecule has 0 bridgehead atoms. The summed E-state index contributed by atoms with van der Waals surface area (Å²) in [7, 11) is 3.54. The van der Waals surface area contributed by atoms with Gasteiger partial charge < -0.3 is 15.3 Å². The number of hydrogen-bond donors (Lipinski definition) is 2. The first-order valence-corrected chi connectivity index (χ1v) is 10.8. The van der Waals surface area contributed by atoms with Crippen LogP contribution in [0.1, 0.15) is 55.8 Å². The summed E-state index contributed by atoms with van der Waals surface area (Å²) in [6, 6.07) is 19.8. The lowest BCUT2D eigenvalue weighted by Gasteiger charge is -2.40. The number of aliphatic hydroxyl groups excluding tert-OH is 1. The molecule has 0 aliphatic heterocycles. The zero-order valence-corrected chi connectivity index (χ0v) is 17.7. The molecule has 4 heteroatoms. The SMILES string of the molecule is CN(C)C(=O)C(CCNC1CCCCC1)(c1ccccc1)C(O)c1ccccc1. The predicted molar refractivity (Wildman–Crippen MR) is 118 cm³/mol. The first kappa shape index (κ1) is 21.5. The summed E-state index contributed by atoms with van der Waals surface area (Å²) >= 11 is 0. The van der Waals surface area contributed by atoms with Gasteiger partial charge in [-0.05, 0) is 36.9 Å². The Morgan fingerprint density at radius 2 is 1.62 bits per heavy atom. The first-order chi connectivity index (χ1) is 14.1. The second-order valence-corrected chi connectivity index (χ2v) is 8.39. The minimum atomic E-state index is -1.03. The zero-order valence-electron chi connectivity index (χ0n) is 17.7. The van der Waals surface area contributed by atoms with E-state index in [4.69, 9.17) is 0 Å². The predicted octanol–water partition coefficient (Wildman–Crippen LogP) is 4.06. The Balaban J connectivity index is 1.96. The second-order valence-electron chi connectivity index (χ2n) is 8.39. The van der Waals surface area contributed by atoms with Gasteiger partial charge in [0.05, 0.1) is 6.10 Å². The molecule has 2 aromatic carbocycles. The van der Waals surface area contributed by atoms with Crippen LogP contribution in [0.5, 0.6) is 0 Å². The number of benzene rings is 2. The fourth-order valence-corrected chi connectivity index (χ4v) is 4.62. The number of rotatable bonds is 8. The van der Waals surface area contributed by atoms with Crippen molar-refractivity contribution in [2.24, 2.45) is 0 Å². The molecule has 29 heavy (non-hydrogen) atoms. The lowest BCUT2D eigenvalue weighted by atomic mass is 9.69.